The van der Waals surface area contributed by atoms with Gasteiger partial charge in [-0.2, -0.15) is 10.4 Å². The molecule has 2 unspecified atom stereocenters. The molecule has 1 saturated carbocycles. The summed E-state index contributed by atoms with van der Waals surface area (Å²) in [5.41, 5.74) is 7.17. The summed E-state index contributed by atoms with van der Waals surface area (Å²) in [4.78, 5) is 15.5. The van der Waals surface area contributed by atoms with E-state index < -0.39 is 9.84 Å². The molecule has 2 aromatic heterocycles. The van der Waals surface area contributed by atoms with Crippen molar-refractivity contribution in [2.45, 2.75) is 43.2 Å². The Morgan fingerprint density at radius 3 is 2.81 bits per heavy atom. The lowest BCUT2D eigenvalue weighted by Gasteiger charge is -2.27. The molecule has 0 amide bonds. The van der Waals surface area contributed by atoms with E-state index in [4.69, 9.17) is 5.73 Å². The molecule has 2 heterocycles. The molecule has 1 aliphatic rings. The first-order chi connectivity index (χ1) is 14.8. The molecule has 162 valence electrons. The average Bonchev–Trinajstić information content (AvgIpc) is 3.12. The predicted molar refractivity (Wildman–Crippen MR) is 118 cm³/mol. The molecule has 3 aromatic rings. The highest BCUT2D eigenvalue weighted by molar-refractivity contribution is 7.90. The molecule has 2 atom stereocenters. The van der Waals surface area contributed by atoms with E-state index in [1.54, 1.807) is 29.1 Å². The van der Waals surface area contributed by atoms with E-state index in [9.17, 15) is 18.5 Å². The fourth-order valence-electron chi connectivity index (χ4n) is 4.31. The topological polar surface area (TPSA) is 147 Å². The fourth-order valence-corrected chi connectivity index (χ4v) is 5.24. The molecule has 31 heavy (non-hydrogen) atoms. The number of hydrogen-bond acceptors (Lipinski definition) is 7. The third-order valence-corrected chi connectivity index (χ3v) is 6.98. The van der Waals surface area contributed by atoms with Gasteiger partial charge in [0, 0.05) is 24.7 Å². The van der Waals surface area contributed by atoms with Crippen LogP contribution in [0, 0.1) is 17.2 Å². The number of anilines is 2. The Kier molecular flexibility index (Phi) is 5.56. The number of nitrogens with zero attached hydrogens (tertiary/aromatic N) is 3. The zero-order valence-corrected chi connectivity index (χ0v) is 17.9. The van der Waals surface area contributed by atoms with Gasteiger partial charge in [-0.3, -0.25) is 9.48 Å². The second-order valence-corrected chi connectivity index (χ2v) is 9.86. The minimum atomic E-state index is -3.41. The van der Waals surface area contributed by atoms with Gasteiger partial charge in [0.2, 0.25) is 0 Å². The molecule has 10 heteroatoms. The third kappa shape index (κ3) is 3.94. The summed E-state index contributed by atoms with van der Waals surface area (Å²) in [5, 5.41) is 17.8. The number of aromatic nitrogens is 3. The van der Waals surface area contributed by atoms with Crippen molar-refractivity contribution in [3.63, 3.8) is 0 Å². The summed E-state index contributed by atoms with van der Waals surface area (Å²) < 4.78 is 25.7. The minimum Gasteiger partial charge on any atom is -0.338 e. The van der Waals surface area contributed by atoms with Gasteiger partial charge in [-0.15, -0.1) is 0 Å². The Labute approximate surface area is 179 Å². The second-order valence-electron chi connectivity index (χ2n) is 7.87. The van der Waals surface area contributed by atoms with Gasteiger partial charge in [0.05, 0.1) is 28.4 Å². The molecule has 0 radical (unpaired) electrons. The Balaban J connectivity index is 1.81. The van der Waals surface area contributed by atoms with E-state index in [1.165, 1.54) is 6.07 Å². The zero-order valence-electron chi connectivity index (χ0n) is 17.1. The van der Waals surface area contributed by atoms with Crippen LogP contribution in [-0.4, -0.2) is 29.4 Å². The summed E-state index contributed by atoms with van der Waals surface area (Å²) in [6, 6.07) is 8.84. The van der Waals surface area contributed by atoms with Crippen LogP contribution in [0.1, 0.15) is 37.3 Å². The number of nitriles is 1. The van der Waals surface area contributed by atoms with E-state index in [0.717, 1.165) is 31.9 Å². The molecule has 4 N–H and O–H groups in total. The lowest BCUT2D eigenvalue weighted by Crippen LogP contribution is -2.23. The van der Waals surface area contributed by atoms with Gasteiger partial charge in [0.1, 0.15) is 5.39 Å². The first-order valence-electron chi connectivity index (χ1n) is 10.1. The van der Waals surface area contributed by atoms with Crippen molar-refractivity contribution in [3.8, 4) is 6.07 Å². The molecule has 0 bridgehead atoms. The average molecular weight is 441 g/mol. The van der Waals surface area contributed by atoms with Crippen molar-refractivity contribution in [2.75, 3.05) is 11.6 Å². The molecule has 0 saturated heterocycles. The highest BCUT2D eigenvalue weighted by Gasteiger charge is 2.30. The smallest absolute Gasteiger partial charge is 0.261 e. The van der Waals surface area contributed by atoms with Crippen molar-refractivity contribution in [3.05, 3.63) is 46.4 Å². The molecular formula is C21H24N6O3S. The monoisotopic (exact) mass is 440 g/mol. The number of fused-ring (bicyclic) bond motifs is 1. The standard InChI is InChI=1S/C21H24N6O3S/c1-31(29,30)18-7-6-15(10-14(18)12-23)25-20-19-17(8-9-24-21(19)28)27(26-20)16-5-3-2-4-13(16)11-22/h6-10,13,16H,2-5,12,23H2,1H3,(H,24,28)(H,25,26). The summed E-state index contributed by atoms with van der Waals surface area (Å²) in [5.74, 6) is 0.191. The van der Waals surface area contributed by atoms with Crippen LogP contribution in [0.15, 0.2) is 40.2 Å². The first kappa shape index (κ1) is 21.1. The molecule has 0 spiro atoms. The number of hydrogen-bond donors (Lipinski definition) is 3. The van der Waals surface area contributed by atoms with Crippen LogP contribution in [-0.2, 0) is 16.4 Å². The number of pyridine rings is 1. The molecule has 4 rings (SSSR count). The van der Waals surface area contributed by atoms with Crippen molar-refractivity contribution in [1.29, 1.82) is 5.26 Å². The van der Waals surface area contributed by atoms with Crippen molar-refractivity contribution in [1.82, 2.24) is 14.8 Å². The fraction of sp³-hybridized carbons (Fsp3) is 0.381. The summed E-state index contributed by atoms with van der Waals surface area (Å²) in [7, 11) is -3.41. The largest absolute Gasteiger partial charge is 0.338 e. The lowest BCUT2D eigenvalue weighted by atomic mass is 9.85. The van der Waals surface area contributed by atoms with Gasteiger partial charge in [-0.1, -0.05) is 12.8 Å². The van der Waals surface area contributed by atoms with Gasteiger partial charge in [-0.05, 0) is 42.7 Å². The lowest BCUT2D eigenvalue weighted by molar-refractivity contribution is 0.277. The van der Waals surface area contributed by atoms with Crippen molar-refractivity contribution in [2.24, 2.45) is 11.7 Å². The quantitative estimate of drug-likeness (QED) is 0.552. The molecule has 1 aliphatic carbocycles. The Hall–Kier alpha value is -3.16. The number of nitrogens with one attached hydrogen (secondary N) is 2. The van der Waals surface area contributed by atoms with Crippen LogP contribution in [0.5, 0.6) is 0 Å². The highest BCUT2D eigenvalue weighted by atomic mass is 32.2. The number of H-pyrrole nitrogens is 1. The second kappa shape index (κ2) is 8.17. The minimum absolute atomic E-state index is 0.0552. The van der Waals surface area contributed by atoms with Crippen LogP contribution in [0.3, 0.4) is 0 Å². The van der Waals surface area contributed by atoms with E-state index >= 15 is 0 Å². The van der Waals surface area contributed by atoms with Crippen LogP contribution in [0.25, 0.3) is 10.9 Å². The van der Waals surface area contributed by atoms with Crippen molar-refractivity contribution >= 4 is 32.2 Å². The summed E-state index contributed by atoms with van der Waals surface area (Å²) in [6.07, 6.45) is 6.35. The SMILES string of the molecule is CS(=O)(=O)c1ccc(Nc2nn(C3CCCCC3C#N)c3cc[nH]c(=O)c23)cc1CN. The normalized spacial score (nSPS) is 19.3. The molecule has 9 nitrogen and oxygen atoms in total. The zero-order chi connectivity index (χ0) is 22.2. The van der Waals surface area contributed by atoms with Gasteiger partial charge < -0.3 is 16.0 Å². The van der Waals surface area contributed by atoms with Crippen LogP contribution < -0.4 is 16.6 Å². The Bertz CT molecular complexity index is 1340. The van der Waals surface area contributed by atoms with E-state index in [-0.39, 0.29) is 29.0 Å². The van der Waals surface area contributed by atoms with Gasteiger partial charge in [0.15, 0.2) is 15.7 Å². The number of aromatic amines is 1. The van der Waals surface area contributed by atoms with Gasteiger partial charge >= 0.3 is 0 Å². The molecular weight excluding hydrogens is 416 g/mol. The molecule has 0 aliphatic heterocycles. The summed E-state index contributed by atoms with van der Waals surface area (Å²) >= 11 is 0. The van der Waals surface area contributed by atoms with E-state index in [2.05, 4.69) is 21.5 Å². The molecule has 1 aromatic carbocycles. The number of sulfone groups is 1. The number of benzene rings is 1. The third-order valence-electron chi connectivity index (χ3n) is 5.78. The Morgan fingerprint density at radius 1 is 1.32 bits per heavy atom. The maximum atomic E-state index is 12.6. The highest BCUT2D eigenvalue weighted by Crippen LogP contribution is 2.36. The van der Waals surface area contributed by atoms with Crippen LogP contribution in [0.4, 0.5) is 11.5 Å². The first-order valence-corrected chi connectivity index (χ1v) is 12.0. The van der Waals surface area contributed by atoms with Crippen molar-refractivity contribution < 1.29 is 8.42 Å². The maximum Gasteiger partial charge on any atom is 0.261 e. The molecule has 1 fully saturated rings. The predicted octanol–water partition coefficient (Wildman–Crippen LogP) is 2.59. The maximum absolute atomic E-state index is 12.6. The Morgan fingerprint density at radius 2 is 2.10 bits per heavy atom. The number of nitrogens with two attached hydrogens (primary N) is 1. The van der Waals surface area contributed by atoms with Gasteiger partial charge in [0.25, 0.3) is 5.56 Å². The van der Waals surface area contributed by atoms with E-state index in [1.807, 2.05) is 0 Å². The van der Waals surface area contributed by atoms with Crippen LogP contribution >= 0.6 is 0 Å². The van der Waals surface area contributed by atoms with Crippen LogP contribution in [0.2, 0.25) is 0 Å². The number of rotatable bonds is 5. The van der Waals surface area contributed by atoms with E-state index in [0.29, 0.717) is 28.0 Å². The van der Waals surface area contributed by atoms with Gasteiger partial charge in [-0.25, -0.2) is 8.42 Å². The summed E-state index contributed by atoms with van der Waals surface area (Å²) in [6.45, 7) is 0.0552.